The molecular weight excluding hydrogens is 566 g/mol. The minimum Gasteiger partial charge on any atom is -0.483 e. The fraction of sp³-hybridized carbons (Fsp3) is 0.704. The first-order chi connectivity index (χ1) is 20.7. The summed E-state index contributed by atoms with van der Waals surface area (Å²) >= 11 is 0. The van der Waals surface area contributed by atoms with Crippen molar-refractivity contribution in [1.29, 1.82) is 0 Å². The van der Waals surface area contributed by atoms with E-state index in [9.17, 15) is 29.1 Å². The number of nitrogens with zero attached hydrogens (tertiary/aromatic N) is 4. The molecule has 6 N–H and O–H groups in total. The van der Waals surface area contributed by atoms with E-state index in [0.717, 1.165) is 39.5 Å². The number of aldehydes is 1. The number of aliphatic hydroxyl groups excluding tert-OH is 1. The van der Waals surface area contributed by atoms with Gasteiger partial charge in [0.05, 0.1) is 19.6 Å². The number of carboxylic acids is 1. The molecule has 43 heavy (non-hydrogen) atoms. The van der Waals surface area contributed by atoms with E-state index in [1.54, 1.807) is 0 Å². The molecule has 1 fully saturated rings. The quantitative estimate of drug-likeness (QED) is 0.0723. The molecule has 0 radical (unpaired) electrons. The zero-order valence-electron chi connectivity index (χ0n) is 25.5. The van der Waals surface area contributed by atoms with Gasteiger partial charge in [-0.3, -0.25) is 38.7 Å². The molecule has 1 aromatic rings. The van der Waals surface area contributed by atoms with E-state index < -0.39 is 16.8 Å². The van der Waals surface area contributed by atoms with Crippen LogP contribution in [0.15, 0.2) is 9.59 Å². The van der Waals surface area contributed by atoms with Crippen molar-refractivity contribution in [3.63, 3.8) is 0 Å². The van der Waals surface area contributed by atoms with Crippen LogP contribution in [0, 0.1) is 0 Å². The SMILES string of the molecule is CCCNc1c(NCCNC(=O)CN2CCN(CC)CCN(CC=O)CCN(CC(=O)O)CC2)c(=O)c1=O.CO.O=CO. The Labute approximate surface area is 252 Å². The molecule has 0 bridgehead atoms. The molecule has 0 saturated carbocycles. The van der Waals surface area contributed by atoms with Crippen LogP contribution in [0.2, 0.25) is 0 Å². The summed E-state index contributed by atoms with van der Waals surface area (Å²) < 4.78 is 0. The molecule has 1 amide bonds. The number of likely N-dealkylation sites (N-methyl/N-ethyl adjacent to an activating group) is 1. The van der Waals surface area contributed by atoms with Gasteiger partial charge in [-0.25, -0.2) is 0 Å². The molecule has 1 aliphatic heterocycles. The van der Waals surface area contributed by atoms with Gasteiger partial charge in [-0.2, -0.15) is 0 Å². The monoisotopic (exact) mass is 615 g/mol. The standard InChI is InChI=1S/C25H43N7O6.CH2O2.CH4O/c1-3-5-27-22-23(25(38)24(22)37)28-7-6-26-20(34)18-31-12-9-29(4-2)8-10-30(16-17-33)11-13-32(15-14-31)19-21(35)36;2-1-3;1-2/h17,27-28H,3-16,18-19H2,1-2H3,(H,26,34)(H,35,36);1H,(H,2,3);2H,1H3. The molecule has 1 aromatic carbocycles. The number of aliphatic hydroxyl groups is 1. The topological polar surface area (TPSA) is 212 Å². The van der Waals surface area contributed by atoms with Crippen LogP contribution in [-0.4, -0.2) is 165 Å². The summed E-state index contributed by atoms with van der Waals surface area (Å²) in [6.07, 6.45) is 1.70. The number of hydrogen-bond donors (Lipinski definition) is 6. The normalized spacial score (nSPS) is 15.8. The predicted octanol–water partition coefficient (Wildman–Crippen LogP) is -2.53. The van der Waals surface area contributed by atoms with Crippen LogP contribution in [0.1, 0.15) is 20.3 Å². The number of hydrogen-bond acceptors (Lipinski definition) is 13. The van der Waals surface area contributed by atoms with Crippen molar-refractivity contribution in [1.82, 2.24) is 24.9 Å². The van der Waals surface area contributed by atoms with Crippen molar-refractivity contribution in [3.05, 3.63) is 20.4 Å². The smallest absolute Gasteiger partial charge is 0.317 e. The molecule has 16 nitrogen and oxygen atoms in total. The number of carboxylic acid groups (broad SMARTS) is 2. The molecule has 0 aromatic heterocycles. The minimum atomic E-state index is -0.914. The summed E-state index contributed by atoms with van der Waals surface area (Å²) in [5, 5.41) is 32.0. The second kappa shape index (κ2) is 24.0. The van der Waals surface area contributed by atoms with Gasteiger partial charge in [0.2, 0.25) is 5.91 Å². The fourth-order valence-corrected chi connectivity index (χ4v) is 4.32. The second-order valence-electron chi connectivity index (χ2n) is 9.56. The maximum atomic E-state index is 12.7. The Kier molecular flexibility index (Phi) is 22.1. The third-order valence-corrected chi connectivity index (χ3v) is 6.65. The Hall–Kier alpha value is -3.44. The van der Waals surface area contributed by atoms with E-state index in [0.29, 0.717) is 64.6 Å². The van der Waals surface area contributed by atoms with Crippen LogP contribution in [0.4, 0.5) is 11.4 Å². The highest BCUT2D eigenvalue weighted by molar-refractivity contribution is 5.78. The van der Waals surface area contributed by atoms with Gasteiger partial charge in [0.15, 0.2) is 0 Å². The van der Waals surface area contributed by atoms with Crippen LogP contribution in [0.5, 0.6) is 0 Å². The number of nitrogens with one attached hydrogen (secondary N) is 3. The van der Waals surface area contributed by atoms with Crippen LogP contribution >= 0.6 is 0 Å². The lowest BCUT2D eigenvalue weighted by atomic mass is 10.2. The molecule has 1 saturated heterocycles. The summed E-state index contributed by atoms with van der Waals surface area (Å²) in [6, 6.07) is 0. The highest BCUT2D eigenvalue weighted by Gasteiger charge is 2.21. The number of anilines is 2. The zero-order valence-corrected chi connectivity index (χ0v) is 25.5. The number of carbonyl (C=O) groups excluding carboxylic acids is 2. The molecule has 0 spiro atoms. The number of carbonyl (C=O) groups is 4. The number of rotatable bonds is 14. The summed E-state index contributed by atoms with van der Waals surface area (Å²) in [5.41, 5.74) is -0.487. The molecule has 1 aliphatic rings. The van der Waals surface area contributed by atoms with Crippen molar-refractivity contribution in [2.75, 3.05) is 116 Å². The lowest BCUT2D eigenvalue weighted by molar-refractivity contribution is -0.138. The summed E-state index contributed by atoms with van der Waals surface area (Å²) in [5.74, 6) is -1.08. The Morgan fingerprint density at radius 3 is 1.63 bits per heavy atom. The Morgan fingerprint density at radius 2 is 1.19 bits per heavy atom. The average molecular weight is 616 g/mol. The van der Waals surface area contributed by atoms with Crippen LogP contribution < -0.4 is 26.8 Å². The van der Waals surface area contributed by atoms with Gasteiger partial charge in [0.1, 0.15) is 17.7 Å². The lowest BCUT2D eigenvalue weighted by Gasteiger charge is -2.32. The van der Waals surface area contributed by atoms with Crippen molar-refractivity contribution >= 4 is 36.0 Å². The molecule has 1 heterocycles. The molecule has 246 valence electrons. The largest absolute Gasteiger partial charge is 0.483 e. The first-order valence-electron chi connectivity index (χ1n) is 14.4. The third kappa shape index (κ3) is 16.1. The van der Waals surface area contributed by atoms with Gasteiger partial charge in [0.25, 0.3) is 17.3 Å². The highest BCUT2D eigenvalue weighted by atomic mass is 16.4. The van der Waals surface area contributed by atoms with Crippen LogP contribution in [0.25, 0.3) is 0 Å². The van der Waals surface area contributed by atoms with Gasteiger partial charge in [-0.1, -0.05) is 13.8 Å². The van der Waals surface area contributed by atoms with E-state index in [4.69, 9.17) is 15.0 Å². The van der Waals surface area contributed by atoms with Crippen molar-refractivity contribution in [2.45, 2.75) is 20.3 Å². The van der Waals surface area contributed by atoms with Gasteiger partial charge in [-0.05, 0) is 13.0 Å². The Balaban J connectivity index is 0.00000331. The third-order valence-electron chi connectivity index (χ3n) is 6.65. The van der Waals surface area contributed by atoms with E-state index in [2.05, 4.69) is 27.8 Å². The maximum absolute atomic E-state index is 12.7. The summed E-state index contributed by atoms with van der Waals surface area (Å²) in [4.78, 5) is 75.2. The molecule has 16 heteroatoms. The van der Waals surface area contributed by atoms with Crippen molar-refractivity contribution in [3.8, 4) is 0 Å². The first-order valence-corrected chi connectivity index (χ1v) is 14.4. The van der Waals surface area contributed by atoms with E-state index in [1.807, 2.05) is 21.6 Å². The first kappa shape index (κ1) is 39.6. The van der Waals surface area contributed by atoms with Crippen molar-refractivity contribution < 1.29 is 34.5 Å². The van der Waals surface area contributed by atoms with Crippen LogP contribution in [-0.2, 0) is 19.2 Å². The second-order valence-corrected chi connectivity index (χ2v) is 9.56. The number of amides is 1. The van der Waals surface area contributed by atoms with Crippen LogP contribution in [0.3, 0.4) is 0 Å². The summed E-state index contributed by atoms with van der Waals surface area (Å²) in [6.45, 7) is 11.2. The fourth-order valence-electron chi connectivity index (χ4n) is 4.32. The molecular formula is C27H49N7O9. The molecule has 0 aliphatic carbocycles. The average Bonchev–Trinajstić information content (AvgIpc) is 2.99. The zero-order chi connectivity index (χ0) is 32.6. The molecule has 0 atom stereocenters. The van der Waals surface area contributed by atoms with Gasteiger partial charge in [-0.15, -0.1) is 0 Å². The molecule has 0 unspecified atom stereocenters. The minimum absolute atomic E-state index is 0.103. The summed E-state index contributed by atoms with van der Waals surface area (Å²) in [7, 11) is 1.00. The van der Waals surface area contributed by atoms with E-state index in [1.165, 1.54) is 0 Å². The number of aliphatic carboxylic acids is 1. The van der Waals surface area contributed by atoms with Crippen molar-refractivity contribution in [2.24, 2.45) is 0 Å². The maximum Gasteiger partial charge on any atom is 0.317 e. The lowest BCUT2D eigenvalue weighted by Crippen LogP contribution is -2.49. The van der Waals surface area contributed by atoms with Gasteiger partial charge < -0.3 is 41.0 Å². The Bertz CT molecular complexity index is 1020. The molecule has 2 rings (SSSR count). The van der Waals surface area contributed by atoms with E-state index >= 15 is 0 Å². The predicted molar refractivity (Wildman–Crippen MR) is 164 cm³/mol. The van der Waals surface area contributed by atoms with E-state index in [-0.39, 0.29) is 37.7 Å². The highest BCUT2D eigenvalue weighted by Crippen LogP contribution is 2.13. The van der Waals surface area contributed by atoms with Gasteiger partial charge >= 0.3 is 5.97 Å². The Morgan fingerprint density at radius 1 is 0.744 bits per heavy atom. The van der Waals surface area contributed by atoms with Gasteiger partial charge in [0, 0.05) is 79.1 Å².